The van der Waals surface area contributed by atoms with Crippen LogP contribution in [0.15, 0.2) is 75.2 Å². The fourth-order valence-electron chi connectivity index (χ4n) is 2.94. The molecule has 1 aliphatic heterocycles. The molecule has 0 aliphatic carbocycles. The average molecular weight is 452 g/mol. The fourth-order valence-corrected chi connectivity index (χ4v) is 4.00. The first kappa shape index (κ1) is 20.8. The van der Waals surface area contributed by atoms with Crippen LogP contribution in [0.25, 0.3) is 0 Å². The van der Waals surface area contributed by atoms with Crippen molar-refractivity contribution in [2.45, 2.75) is 17.4 Å². The number of nitrogens with one attached hydrogen (secondary N) is 1. The standard InChI is InChI=1S/C19H15F3N4O4S/c20-19(21,22)30-14-5-7-15(8-6-14)31(27,28)25-12-1-3-13(4-2-12)26-11-24-18-16(17(26)23)9-10-29-18/h1-11,17,25H,23H2. The quantitative estimate of drug-likeness (QED) is 0.603. The topological polar surface area (TPSA) is 110 Å². The van der Waals surface area contributed by atoms with E-state index in [4.69, 9.17) is 10.2 Å². The van der Waals surface area contributed by atoms with Crippen LogP contribution in [0.3, 0.4) is 0 Å². The van der Waals surface area contributed by atoms with Gasteiger partial charge in [0.15, 0.2) is 0 Å². The summed E-state index contributed by atoms with van der Waals surface area (Å²) >= 11 is 0. The molecule has 0 radical (unpaired) electrons. The molecular weight excluding hydrogens is 437 g/mol. The van der Waals surface area contributed by atoms with Crippen molar-refractivity contribution < 1.29 is 30.7 Å². The zero-order chi connectivity index (χ0) is 22.2. The lowest BCUT2D eigenvalue weighted by molar-refractivity contribution is -0.274. The lowest BCUT2D eigenvalue weighted by Crippen LogP contribution is -2.35. The highest BCUT2D eigenvalue weighted by Crippen LogP contribution is 2.34. The van der Waals surface area contributed by atoms with Gasteiger partial charge in [-0.15, -0.1) is 13.2 Å². The van der Waals surface area contributed by atoms with Gasteiger partial charge in [0.25, 0.3) is 10.0 Å². The number of sulfonamides is 1. The Labute approximate surface area is 174 Å². The molecule has 1 aromatic heterocycles. The number of aliphatic imine (C=N–C) groups is 1. The molecule has 4 rings (SSSR count). The minimum Gasteiger partial charge on any atom is -0.446 e. The molecule has 1 unspecified atom stereocenters. The van der Waals surface area contributed by atoms with Crippen molar-refractivity contribution in [2.75, 3.05) is 9.62 Å². The van der Waals surface area contributed by atoms with E-state index in [2.05, 4.69) is 14.5 Å². The minimum absolute atomic E-state index is 0.219. The third kappa shape index (κ3) is 4.49. The number of benzene rings is 2. The number of halogens is 3. The first-order chi connectivity index (χ1) is 14.6. The van der Waals surface area contributed by atoms with Gasteiger partial charge in [-0.25, -0.2) is 13.4 Å². The molecule has 0 fully saturated rings. The summed E-state index contributed by atoms with van der Waals surface area (Å²) in [7, 11) is -4.02. The van der Waals surface area contributed by atoms with Gasteiger partial charge in [0.1, 0.15) is 18.3 Å². The number of ether oxygens (including phenoxy) is 1. The predicted octanol–water partition coefficient (Wildman–Crippen LogP) is 4.12. The summed E-state index contributed by atoms with van der Waals surface area (Å²) in [4.78, 5) is 5.65. The lowest BCUT2D eigenvalue weighted by atomic mass is 10.2. The highest BCUT2D eigenvalue weighted by molar-refractivity contribution is 7.92. The highest BCUT2D eigenvalue weighted by Gasteiger charge is 2.31. The van der Waals surface area contributed by atoms with Gasteiger partial charge in [-0.05, 0) is 54.6 Å². The van der Waals surface area contributed by atoms with Crippen LogP contribution in [-0.2, 0) is 10.0 Å². The first-order valence-corrected chi connectivity index (χ1v) is 10.2. The van der Waals surface area contributed by atoms with Crippen LogP contribution in [0.5, 0.6) is 5.75 Å². The minimum atomic E-state index is -4.86. The third-order valence-electron chi connectivity index (χ3n) is 4.38. The molecule has 0 saturated carbocycles. The highest BCUT2D eigenvalue weighted by atomic mass is 32.2. The van der Waals surface area contributed by atoms with Gasteiger partial charge >= 0.3 is 6.36 Å². The summed E-state index contributed by atoms with van der Waals surface area (Å²) in [5.74, 6) is -0.0871. The van der Waals surface area contributed by atoms with Gasteiger partial charge in [0.05, 0.1) is 16.7 Å². The summed E-state index contributed by atoms with van der Waals surface area (Å²) in [6, 6.07) is 12.0. The van der Waals surface area contributed by atoms with Crippen LogP contribution >= 0.6 is 0 Å². The second-order valence-electron chi connectivity index (χ2n) is 6.45. The first-order valence-electron chi connectivity index (χ1n) is 8.77. The molecule has 3 aromatic rings. The molecule has 0 amide bonds. The van der Waals surface area contributed by atoms with Crippen LogP contribution in [0.1, 0.15) is 11.7 Å². The summed E-state index contributed by atoms with van der Waals surface area (Å²) < 4.78 is 73.0. The summed E-state index contributed by atoms with van der Waals surface area (Å²) in [6.45, 7) is 0. The largest absolute Gasteiger partial charge is 0.573 e. The number of furan rings is 1. The van der Waals surface area contributed by atoms with Gasteiger partial charge in [-0.3, -0.25) is 4.72 Å². The maximum absolute atomic E-state index is 12.5. The van der Waals surface area contributed by atoms with Crippen LogP contribution in [0, 0.1) is 0 Å². The normalized spacial score (nSPS) is 16.1. The Kier molecular flexibility index (Phi) is 5.11. The van der Waals surface area contributed by atoms with Crippen LogP contribution < -0.4 is 20.1 Å². The van der Waals surface area contributed by atoms with Crippen molar-refractivity contribution in [3.8, 4) is 5.75 Å². The van der Waals surface area contributed by atoms with E-state index in [0.29, 0.717) is 17.1 Å². The zero-order valence-electron chi connectivity index (χ0n) is 15.6. The van der Waals surface area contributed by atoms with E-state index in [1.165, 1.54) is 24.7 Å². The maximum atomic E-state index is 12.5. The molecule has 2 aromatic carbocycles. The Bertz CT molecular complexity index is 1210. The van der Waals surface area contributed by atoms with Crippen LogP contribution in [0.4, 0.5) is 30.4 Å². The average Bonchev–Trinajstić information content (AvgIpc) is 3.18. The molecule has 1 atom stereocenters. The second kappa shape index (κ2) is 7.63. The number of nitrogens with zero attached hydrogens (tertiary/aromatic N) is 2. The molecule has 162 valence electrons. The number of anilines is 2. The number of hydrogen-bond acceptors (Lipinski definition) is 7. The molecule has 2 heterocycles. The van der Waals surface area contributed by atoms with Gasteiger partial charge < -0.3 is 19.8 Å². The number of nitrogens with two attached hydrogens (primary N) is 1. The van der Waals surface area contributed by atoms with Crippen LogP contribution in [-0.4, -0.2) is 21.1 Å². The van der Waals surface area contributed by atoms with E-state index in [-0.39, 0.29) is 10.6 Å². The van der Waals surface area contributed by atoms with E-state index in [1.807, 2.05) is 0 Å². The number of rotatable bonds is 5. The SMILES string of the molecule is NC1c2ccoc2N=CN1c1ccc(NS(=O)(=O)c2ccc(OC(F)(F)F)cc2)cc1. The monoisotopic (exact) mass is 452 g/mol. The Morgan fingerprint density at radius 2 is 1.74 bits per heavy atom. The number of hydrogen-bond donors (Lipinski definition) is 2. The van der Waals surface area contributed by atoms with E-state index >= 15 is 0 Å². The third-order valence-corrected chi connectivity index (χ3v) is 5.77. The Balaban J connectivity index is 1.47. The van der Waals surface area contributed by atoms with Gasteiger partial charge in [-0.1, -0.05) is 0 Å². The molecule has 8 nitrogen and oxygen atoms in total. The second-order valence-corrected chi connectivity index (χ2v) is 8.13. The van der Waals surface area contributed by atoms with Crippen LogP contribution in [0.2, 0.25) is 0 Å². The Morgan fingerprint density at radius 1 is 1.06 bits per heavy atom. The molecule has 0 bridgehead atoms. The van der Waals surface area contributed by atoms with Crippen molar-refractivity contribution in [3.63, 3.8) is 0 Å². The van der Waals surface area contributed by atoms with Crippen molar-refractivity contribution in [3.05, 3.63) is 66.4 Å². The molecular formula is C19H15F3N4O4S. The maximum Gasteiger partial charge on any atom is 0.573 e. The summed E-state index contributed by atoms with van der Waals surface area (Å²) in [5, 5.41) is 0. The van der Waals surface area contributed by atoms with Crippen molar-refractivity contribution in [1.29, 1.82) is 0 Å². The molecule has 31 heavy (non-hydrogen) atoms. The smallest absolute Gasteiger partial charge is 0.446 e. The molecule has 0 spiro atoms. The number of fused-ring (bicyclic) bond motifs is 1. The predicted molar refractivity (Wildman–Crippen MR) is 107 cm³/mol. The summed E-state index contributed by atoms with van der Waals surface area (Å²) in [5.41, 5.74) is 7.85. The Hall–Kier alpha value is -3.51. The van der Waals surface area contributed by atoms with E-state index in [9.17, 15) is 21.6 Å². The van der Waals surface area contributed by atoms with Gasteiger partial charge in [0, 0.05) is 11.4 Å². The van der Waals surface area contributed by atoms with E-state index < -0.39 is 28.3 Å². The number of alkyl halides is 3. The van der Waals surface area contributed by atoms with Gasteiger partial charge in [-0.2, -0.15) is 0 Å². The van der Waals surface area contributed by atoms with Crippen molar-refractivity contribution in [1.82, 2.24) is 0 Å². The molecule has 1 aliphatic rings. The van der Waals surface area contributed by atoms with Gasteiger partial charge in [0.2, 0.25) is 5.88 Å². The summed E-state index contributed by atoms with van der Waals surface area (Å²) in [6.07, 6.45) is -2.38. The van der Waals surface area contributed by atoms with E-state index in [0.717, 1.165) is 24.3 Å². The Morgan fingerprint density at radius 3 is 2.39 bits per heavy atom. The van der Waals surface area contributed by atoms with Crippen molar-refractivity contribution >= 4 is 33.6 Å². The molecule has 0 saturated heterocycles. The fraction of sp³-hybridized carbons (Fsp3) is 0.105. The molecule has 12 heteroatoms. The molecule has 3 N–H and O–H groups in total. The van der Waals surface area contributed by atoms with Crippen molar-refractivity contribution in [2.24, 2.45) is 10.7 Å². The lowest BCUT2D eigenvalue weighted by Gasteiger charge is -2.29. The zero-order valence-corrected chi connectivity index (χ0v) is 16.4. The van der Waals surface area contributed by atoms with E-state index in [1.54, 1.807) is 23.1 Å².